The zero-order chi connectivity index (χ0) is 19.9. The number of amides is 1. The lowest BCUT2D eigenvalue weighted by Gasteiger charge is -2.36. The number of carbonyl (C=O) groups excluding carboxylic acids is 1. The van der Waals surface area contributed by atoms with Crippen molar-refractivity contribution in [3.05, 3.63) is 65.2 Å². The molecule has 1 atom stereocenters. The van der Waals surface area contributed by atoms with Gasteiger partial charge in [0.15, 0.2) is 0 Å². The van der Waals surface area contributed by atoms with Crippen LogP contribution in [0.1, 0.15) is 29.7 Å². The number of carbonyl (C=O) groups is 1. The van der Waals surface area contributed by atoms with Crippen LogP contribution < -0.4 is 10.2 Å². The average Bonchev–Trinajstić information content (AvgIpc) is 2.72. The van der Waals surface area contributed by atoms with Crippen LogP contribution in [0.2, 0.25) is 0 Å². The lowest BCUT2D eigenvalue weighted by molar-refractivity contribution is -0.125. The smallest absolute Gasteiger partial charge is 0.246 e. The van der Waals surface area contributed by atoms with E-state index >= 15 is 0 Å². The van der Waals surface area contributed by atoms with Gasteiger partial charge < -0.3 is 15.0 Å². The Hall–Kier alpha value is -2.37. The van der Waals surface area contributed by atoms with E-state index in [-0.39, 0.29) is 18.6 Å². The Kier molecular flexibility index (Phi) is 7.06. The molecular weight excluding hydrogens is 350 g/mol. The molecule has 0 saturated carbocycles. The summed E-state index contributed by atoms with van der Waals surface area (Å²) in [4.78, 5) is 16.7. The molecule has 1 aliphatic heterocycles. The van der Waals surface area contributed by atoms with Gasteiger partial charge in [-0.25, -0.2) is 0 Å². The molecule has 28 heavy (non-hydrogen) atoms. The van der Waals surface area contributed by atoms with E-state index in [0.29, 0.717) is 13.2 Å². The Labute approximate surface area is 168 Å². The zero-order valence-corrected chi connectivity index (χ0v) is 17.1. The lowest BCUT2D eigenvalue weighted by atomic mass is 9.96. The van der Waals surface area contributed by atoms with Gasteiger partial charge in [-0.3, -0.25) is 9.69 Å². The van der Waals surface area contributed by atoms with Crippen LogP contribution in [0, 0.1) is 0 Å². The summed E-state index contributed by atoms with van der Waals surface area (Å²) in [6.45, 7) is 5.02. The van der Waals surface area contributed by atoms with E-state index in [1.165, 1.54) is 22.4 Å². The quantitative estimate of drug-likeness (QED) is 0.764. The predicted molar refractivity (Wildman–Crippen MR) is 114 cm³/mol. The van der Waals surface area contributed by atoms with Gasteiger partial charge in [0.05, 0.1) is 6.04 Å². The summed E-state index contributed by atoms with van der Waals surface area (Å²) < 4.78 is 5.24. The van der Waals surface area contributed by atoms with Gasteiger partial charge in [0.2, 0.25) is 5.91 Å². The van der Waals surface area contributed by atoms with Crippen LogP contribution in [0.15, 0.2) is 48.5 Å². The van der Waals surface area contributed by atoms with Crippen molar-refractivity contribution in [3.8, 4) is 0 Å². The largest absolute Gasteiger partial charge is 0.378 e. The number of nitrogens with zero attached hydrogens (tertiary/aromatic N) is 2. The first-order chi connectivity index (χ1) is 13.6. The highest BCUT2D eigenvalue weighted by Gasteiger charge is 2.25. The van der Waals surface area contributed by atoms with Crippen molar-refractivity contribution in [2.75, 3.05) is 45.3 Å². The number of hydrogen-bond donors (Lipinski definition) is 1. The summed E-state index contributed by atoms with van der Waals surface area (Å²) in [5.74, 6) is -0.0610. The summed E-state index contributed by atoms with van der Waals surface area (Å²) in [6, 6.07) is 17.4. The van der Waals surface area contributed by atoms with Crippen molar-refractivity contribution >= 4 is 11.6 Å². The van der Waals surface area contributed by atoms with Gasteiger partial charge in [-0.05, 0) is 42.2 Å². The standard InChI is InChI=1S/C23H31N3O2/c1-4-28-17-23(27)24-15-22(19-9-11-21(12-10-19)25(2)3)26-14-13-18-7-5-6-8-20(18)16-26/h5-12,22H,4,13-17H2,1-3H3,(H,24,27)/t22-/m1/s1. The molecule has 0 aliphatic carbocycles. The molecule has 5 heteroatoms. The summed E-state index contributed by atoms with van der Waals surface area (Å²) in [5, 5.41) is 3.06. The molecule has 2 aromatic rings. The van der Waals surface area contributed by atoms with Gasteiger partial charge in [-0.1, -0.05) is 36.4 Å². The summed E-state index contributed by atoms with van der Waals surface area (Å²) in [6.07, 6.45) is 1.04. The maximum atomic E-state index is 12.1. The Morgan fingerprint density at radius 1 is 1.14 bits per heavy atom. The number of anilines is 1. The van der Waals surface area contributed by atoms with E-state index in [1.54, 1.807) is 0 Å². The van der Waals surface area contributed by atoms with Crippen LogP contribution in [-0.4, -0.2) is 51.2 Å². The van der Waals surface area contributed by atoms with Crippen LogP contribution in [-0.2, 0) is 22.5 Å². The summed E-state index contributed by atoms with van der Waals surface area (Å²) in [7, 11) is 4.09. The van der Waals surface area contributed by atoms with E-state index in [1.807, 2.05) is 21.0 Å². The SMILES string of the molecule is CCOCC(=O)NC[C@H](c1ccc(N(C)C)cc1)N1CCc2ccccc2C1. The molecule has 1 amide bonds. The van der Waals surface area contributed by atoms with Crippen molar-refractivity contribution in [2.24, 2.45) is 0 Å². The second-order valence-electron chi connectivity index (χ2n) is 7.43. The monoisotopic (exact) mass is 381 g/mol. The molecule has 150 valence electrons. The maximum Gasteiger partial charge on any atom is 0.246 e. The minimum absolute atomic E-state index is 0.0610. The van der Waals surface area contributed by atoms with Crippen molar-refractivity contribution in [2.45, 2.75) is 25.9 Å². The molecule has 0 saturated heterocycles. The maximum absolute atomic E-state index is 12.1. The zero-order valence-electron chi connectivity index (χ0n) is 17.1. The molecule has 1 N–H and O–H groups in total. The van der Waals surface area contributed by atoms with Crippen LogP contribution in [0.5, 0.6) is 0 Å². The van der Waals surface area contributed by atoms with Crippen molar-refractivity contribution in [1.82, 2.24) is 10.2 Å². The van der Waals surface area contributed by atoms with E-state index < -0.39 is 0 Å². The first-order valence-corrected chi connectivity index (χ1v) is 10.0. The highest BCUT2D eigenvalue weighted by atomic mass is 16.5. The predicted octanol–water partition coefficient (Wildman–Crippen LogP) is 3.00. The topological polar surface area (TPSA) is 44.8 Å². The van der Waals surface area contributed by atoms with Gasteiger partial charge in [-0.2, -0.15) is 0 Å². The second-order valence-corrected chi connectivity index (χ2v) is 7.43. The van der Waals surface area contributed by atoms with Crippen LogP contribution in [0.3, 0.4) is 0 Å². The molecule has 0 unspecified atom stereocenters. The Morgan fingerprint density at radius 3 is 2.54 bits per heavy atom. The number of hydrogen-bond acceptors (Lipinski definition) is 4. The van der Waals surface area contributed by atoms with Gasteiger partial charge in [0, 0.05) is 46.0 Å². The number of ether oxygens (including phenoxy) is 1. The Balaban J connectivity index is 1.77. The first-order valence-electron chi connectivity index (χ1n) is 10.0. The molecule has 0 aromatic heterocycles. The number of benzene rings is 2. The highest BCUT2D eigenvalue weighted by molar-refractivity contribution is 5.77. The third kappa shape index (κ3) is 5.12. The fraction of sp³-hybridized carbons (Fsp3) is 0.435. The lowest BCUT2D eigenvalue weighted by Crippen LogP contribution is -2.41. The molecule has 0 spiro atoms. The highest BCUT2D eigenvalue weighted by Crippen LogP contribution is 2.28. The minimum Gasteiger partial charge on any atom is -0.378 e. The molecular formula is C23H31N3O2. The minimum atomic E-state index is -0.0610. The van der Waals surface area contributed by atoms with E-state index in [4.69, 9.17) is 4.74 Å². The van der Waals surface area contributed by atoms with E-state index in [9.17, 15) is 4.79 Å². The van der Waals surface area contributed by atoms with Crippen molar-refractivity contribution in [1.29, 1.82) is 0 Å². The van der Waals surface area contributed by atoms with Crippen LogP contribution >= 0.6 is 0 Å². The Bertz CT molecular complexity index is 774. The molecule has 1 aliphatic rings. The van der Waals surface area contributed by atoms with E-state index in [2.05, 4.69) is 63.6 Å². The average molecular weight is 382 g/mol. The molecule has 5 nitrogen and oxygen atoms in total. The van der Waals surface area contributed by atoms with Crippen LogP contribution in [0.25, 0.3) is 0 Å². The van der Waals surface area contributed by atoms with Gasteiger partial charge >= 0.3 is 0 Å². The number of nitrogens with one attached hydrogen (secondary N) is 1. The number of fused-ring (bicyclic) bond motifs is 1. The van der Waals surface area contributed by atoms with E-state index in [0.717, 1.165) is 19.5 Å². The number of rotatable bonds is 8. The molecule has 1 heterocycles. The van der Waals surface area contributed by atoms with Gasteiger partial charge in [0.1, 0.15) is 6.61 Å². The van der Waals surface area contributed by atoms with Crippen molar-refractivity contribution in [3.63, 3.8) is 0 Å². The third-order valence-electron chi connectivity index (χ3n) is 5.33. The van der Waals surface area contributed by atoms with Crippen molar-refractivity contribution < 1.29 is 9.53 Å². The van der Waals surface area contributed by atoms with Crippen LogP contribution in [0.4, 0.5) is 5.69 Å². The normalized spacial score (nSPS) is 15.0. The molecule has 0 bridgehead atoms. The fourth-order valence-electron chi connectivity index (χ4n) is 3.69. The summed E-state index contributed by atoms with van der Waals surface area (Å²) >= 11 is 0. The second kappa shape index (κ2) is 9.71. The van der Waals surface area contributed by atoms with Gasteiger partial charge in [0.25, 0.3) is 0 Å². The van der Waals surface area contributed by atoms with Gasteiger partial charge in [-0.15, -0.1) is 0 Å². The third-order valence-corrected chi connectivity index (χ3v) is 5.33. The fourth-order valence-corrected chi connectivity index (χ4v) is 3.69. The first kappa shape index (κ1) is 20.4. The molecule has 2 aromatic carbocycles. The molecule has 3 rings (SSSR count). The molecule has 0 radical (unpaired) electrons. The summed E-state index contributed by atoms with van der Waals surface area (Å²) in [5.41, 5.74) is 5.21. The Morgan fingerprint density at radius 2 is 1.86 bits per heavy atom. The molecule has 0 fully saturated rings.